The van der Waals surface area contributed by atoms with Crippen molar-refractivity contribution in [1.82, 2.24) is 20.9 Å². The van der Waals surface area contributed by atoms with Crippen molar-refractivity contribution in [1.29, 1.82) is 0 Å². The van der Waals surface area contributed by atoms with Crippen LogP contribution in [-0.2, 0) is 4.79 Å². The van der Waals surface area contributed by atoms with E-state index in [9.17, 15) is 4.79 Å². The van der Waals surface area contributed by atoms with E-state index in [1.54, 1.807) is 7.05 Å². The second-order valence-electron chi connectivity index (χ2n) is 7.71. The van der Waals surface area contributed by atoms with Crippen LogP contribution in [0.15, 0.2) is 4.99 Å². The number of hydrogen-bond donors (Lipinski definition) is 3. The Kier molecular flexibility index (Phi) is 10.7. The van der Waals surface area contributed by atoms with Crippen molar-refractivity contribution in [3.63, 3.8) is 0 Å². The third-order valence-electron chi connectivity index (χ3n) is 3.82. The third kappa shape index (κ3) is 9.75. The average Bonchev–Trinajstić information content (AvgIpc) is 2.46. The summed E-state index contributed by atoms with van der Waals surface area (Å²) in [5.74, 6) is 0.843. The molecule has 0 fully saturated rings. The highest BCUT2D eigenvalue weighted by molar-refractivity contribution is 5.81. The highest BCUT2D eigenvalue weighted by atomic mass is 16.2. The van der Waals surface area contributed by atoms with Crippen LogP contribution in [0.5, 0.6) is 0 Å². The lowest BCUT2D eigenvalue weighted by Crippen LogP contribution is -2.44. The first kappa shape index (κ1) is 22.7. The number of hydrogen-bond acceptors (Lipinski definition) is 3. The summed E-state index contributed by atoms with van der Waals surface area (Å²) in [7, 11) is 1.76. The second kappa shape index (κ2) is 11.3. The lowest BCUT2D eigenvalue weighted by atomic mass is 9.96. The first-order valence-corrected chi connectivity index (χ1v) is 9.08. The minimum atomic E-state index is -0.349. The molecule has 0 saturated carbocycles. The van der Waals surface area contributed by atoms with E-state index in [-0.39, 0.29) is 11.3 Å². The molecule has 0 heterocycles. The van der Waals surface area contributed by atoms with E-state index in [0.717, 1.165) is 25.5 Å². The quantitative estimate of drug-likeness (QED) is 0.340. The summed E-state index contributed by atoms with van der Waals surface area (Å²) >= 11 is 0. The summed E-state index contributed by atoms with van der Waals surface area (Å²) < 4.78 is 0. The minimum Gasteiger partial charge on any atom is -0.356 e. The molecule has 0 saturated heterocycles. The maximum Gasteiger partial charge on any atom is 0.225 e. The molecule has 0 atom stereocenters. The fourth-order valence-electron chi connectivity index (χ4n) is 2.42. The van der Waals surface area contributed by atoms with Gasteiger partial charge in [0.25, 0.3) is 0 Å². The molecule has 0 aromatic carbocycles. The lowest BCUT2D eigenvalue weighted by molar-refractivity contribution is -0.128. The van der Waals surface area contributed by atoms with Gasteiger partial charge in [-0.3, -0.25) is 14.7 Å². The Labute approximate surface area is 148 Å². The maximum atomic E-state index is 11.8. The van der Waals surface area contributed by atoms with E-state index in [1.807, 2.05) is 20.8 Å². The minimum absolute atomic E-state index is 0.0645. The predicted molar refractivity (Wildman–Crippen MR) is 103 cm³/mol. The monoisotopic (exact) mass is 341 g/mol. The third-order valence-corrected chi connectivity index (χ3v) is 3.82. The number of carbonyl (C=O) groups excluding carboxylic acids is 1. The van der Waals surface area contributed by atoms with Crippen LogP contribution in [0.4, 0.5) is 0 Å². The number of nitrogens with zero attached hydrogens (tertiary/aromatic N) is 2. The van der Waals surface area contributed by atoms with Crippen molar-refractivity contribution in [2.24, 2.45) is 10.4 Å². The fourth-order valence-corrected chi connectivity index (χ4v) is 2.42. The van der Waals surface area contributed by atoms with E-state index in [1.165, 1.54) is 0 Å². The SMILES string of the molecule is CN=C(NCCCN(C(C)C)C(C)C)NCCNC(=O)C(C)(C)C. The predicted octanol–water partition coefficient (Wildman–Crippen LogP) is 1.82. The Bertz CT molecular complexity index is 377. The van der Waals surface area contributed by atoms with Crippen molar-refractivity contribution in [3.8, 4) is 0 Å². The van der Waals surface area contributed by atoms with Crippen LogP contribution in [0, 0.1) is 5.41 Å². The van der Waals surface area contributed by atoms with Gasteiger partial charge in [0.15, 0.2) is 5.96 Å². The van der Waals surface area contributed by atoms with Crippen molar-refractivity contribution in [2.75, 3.05) is 33.2 Å². The van der Waals surface area contributed by atoms with Crippen molar-refractivity contribution in [3.05, 3.63) is 0 Å². The number of guanidine groups is 1. The van der Waals surface area contributed by atoms with Crippen molar-refractivity contribution < 1.29 is 4.79 Å². The van der Waals surface area contributed by atoms with Gasteiger partial charge in [-0.05, 0) is 34.1 Å². The molecule has 0 unspecified atom stereocenters. The van der Waals surface area contributed by atoms with E-state index in [4.69, 9.17) is 0 Å². The number of nitrogens with one attached hydrogen (secondary N) is 3. The molecule has 6 heteroatoms. The molecule has 3 N–H and O–H groups in total. The average molecular weight is 342 g/mol. The Balaban J connectivity index is 3.95. The molecule has 0 aliphatic heterocycles. The Hall–Kier alpha value is -1.30. The van der Waals surface area contributed by atoms with Gasteiger partial charge < -0.3 is 16.0 Å². The zero-order valence-corrected chi connectivity index (χ0v) is 17.0. The van der Waals surface area contributed by atoms with Gasteiger partial charge >= 0.3 is 0 Å². The molecule has 0 aliphatic rings. The zero-order valence-electron chi connectivity index (χ0n) is 17.0. The van der Waals surface area contributed by atoms with Gasteiger partial charge in [0.2, 0.25) is 5.91 Å². The number of carbonyl (C=O) groups is 1. The van der Waals surface area contributed by atoms with Crippen LogP contribution in [0.1, 0.15) is 54.9 Å². The summed E-state index contributed by atoms with van der Waals surface area (Å²) in [6.07, 6.45) is 1.07. The number of rotatable bonds is 9. The highest BCUT2D eigenvalue weighted by Crippen LogP contribution is 2.11. The molecule has 1 amide bonds. The summed E-state index contributed by atoms with van der Waals surface area (Å²) in [6, 6.07) is 1.13. The normalized spacial score (nSPS) is 12.9. The summed E-state index contributed by atoms with van der Waals surface area (Å²) in [6.45, 7) is 17.9. The molecule has 24 heavy (non-hydrogen) atoms. The zero-order chi connectivity index (χ0) is 18.8. The Morgan fingerprint density at radius 3 is 1.92 bits per heavy atom. The number of amides is 1. The van der Waals surface area contributed by atoms with Gasteiger partial charge in [-0.15, -0.1) is 0 Å². The molecule has 0 aromatic heterocycles. The van der Waals surface area contributed by atoms with E-state index >= 15 is 0 Å². The van der Waals surface area contributed by atoms with Gasteiger partial charge in [0, 0.05) is 50.7 Å². The van der Waals surface area contributed by atoms with Gasteiger partial charge in [0.05, 0.1) is 0 Å². The van der Waals surface area contributed by atoms with Crippen molar-refractivity contribution >= 4 is 11.9 Å². The molecule has 6 nitrogen and oxygen atoms in total. The Morgan fingerprint density at radius 2 is 1.46 bits per heavy atom. The maximum absolute atomic E-state index is 11.8. The lowest BCUT2D eigenvalue weighted by Gasteiger charge is -2.30. The molecule has 0 rings (SSSR count). The summed E-state index contributed by atoms with van der Waals surface area (Å²) in [4.78, 5) is 18.5. The molecule has 142 valence electrons. The topological polar surface area (TPSA) is 68.8 Å². The Morgan fingerprint density at radius 1 is 0.958 bits per heavy atom. The molecule has 0 aromatic rings. The van der Waals surface area contributed by atoms with Crippen LogP contribution in [-0.4, -0.2) is 62.1 Å². The molecule has 0 bridgehead atoms. The first-order valence-electron chi connectivity index (χ1n) is 9.08. The van der Waals surface area contributed by atoms with E-state index in [0.29, 0.717) is 25.2 Å². The second-order valence-corrected chi connectivity index (χ2v) is 7.71. The van der Waals surface area contributed by atoms with Crippen LogP contribution in [0.3, 0.4) is 0 Å². The van der Waals surface area contributed by atoms with Crippen LogP contribution in [0.2, 0.25) is 0 Å². The summed E-state index contributed by atoms with van der Waals surface area (Å²) in [5.41, 5.74) is -0.349. The van der Waals surface area contributed by atoms with Crippen LogP contribution < -0.4 is 16.0 Å². The summed E-state index contributed by atoms with van der Waals surface area (Å²) in [5, 5.41) is 9.46. The molecular formula is C18H39N5O. The first-order chi connectivity index (χ1) is 11.1. The molecular weight excluding hydrogens is 302 g/mol. The fraction of sp³-hybridized carbons (Fsp3) is 0.889. The van der Waals surface area contributed by atoms with E-state index < -0.39 is 0 Å². The van der Waals surface area contributed by atoms with E-state index in [2.05, 4.69) is 53.5 Å². The van der Waals surface area contributed by atoms with Gasteiger partial charge in [-0.1, -0.05) is 20.8 Å². The smallest absolute Gasteiger partial charge is 0.225 e. The molecule has 0 spiro atoms. The molecule has 0 radical (unpaired) electrons. The van der Waals surface area contributed by atoms with Gasteiger partial charge in [0.1, 0.15) is 0 Å². The van der Waals surface area contributed by atoms with Crippen molar-refractivity contribution in [2.45, 2.75) is 67.0 Å². The molecule has 0 aliphatic carbocycles. The van der Waals surface area contributed by atoms with Crippen LogP contribution in [0.25, 0.3) is 0 Å². The van der Waals surface area contributed by atoms with Crippen LogP contribution >= 0.6 is 0 Å². The van der Waals surface area contributed by atoms with Gasteiger partial charge in [-0.2, -0.15) is 0 Å². The highest BCUT2D eigenvalue weighted by Gasteiger charge is 2.20. The largest absolute Gasteiger partial charge is 0.356 e. The number of aliphatic imine (C=N–C) groups is 1. The standard InChI is InChI=1S/C18H39N5O/c1-14(2)23(15(3)4)13-9-10-21-17(19-8)22-12-11-20-16(24)18(5,6)7/h14-15H,9-13H2,1-8H3,(H,20,24)(H2,19,21,22). The van der Waals surface area contributed by atoms with Gasteiger partial charge in [-0.25, -0.2) is 0 Å².